The lowest BCUT2D eigenvalue weighted by molar-refractivity contribution is -0.143. The van der Waals surface area contributed by atoms with Crippen LogP contribution in [-0.4, -0.2) is 47.4 Å². The van der Waals surface area contributed by atoms with E-state index in [1.807, 2.05) is 6.08 Å². The number of esters is 1. The minimum Gasteiger partial charge on any atom is -0.466 e. The monoisotopic (exact) mass is 1280 g/mol. The van der Waals surface area contributed by atoms with E-state index < -0.39 is 12.1 Å². The summed E-state index contributed by atoms with van der Waals surface area (Å²) in [5.74, 6) is -0.0540. The highest BCUT2D eigenvalue weighted by molar-refractivity contribution is 5.76. The average Bonchev–Trinajstić information content (AvgIpc) is 3.58. The molecule has 0 fully saturated rings. The summed E-state index contributed by atoms with van der Waals surface area (Å²) < 4.78 is 5.50. The van der Waals surface area contributed by atoms with E-state index in [0.717, 1.165) is 51.4 Å². The summed E-state index contributed by atoms with van der Waals surface area (Å²) >= 11 is 0. The number of carbonyl (C=O) groups excluding carboxylic acids is 2. The zero-order valence-corrected chi connectivity index (χ0v) is 61.6. The summed E-state index contributed by atoms with van der Waals surface area (Å²) in [5.41, 5.74) is 0. The molecule has 0 heterocycles. The molecule has 2 unspecified atom stereocenters. The molecule has 0 aromatic rings. The third-order valence-electron chi connectivity index (χ3n) is 19.3. The number of carbonyl (C=O) groups is 2. The van der Waals surface area contributed by atoms with Crippen molar-refractivity contribution < 1.29 is 24.5 Å². The SMILES string of the molecule is CCCCCCCCC/C=C\CCCCCCCC(=O)OCCCCCCCCCCC/C=C\C/C=C\CCCCCCCCCCCCCCCCCCCC(=O)NC(CO)C(O)/C=C/CCCCCCCCCCCCCCCCCCCCCCCCC. The third kappa shape index (κ3) is 76.7. The van der Waals surface area contributed by atoms with Crippen molar-refractivity contribution in [2.24, 2.45) is 0 Å². The number of ether oxygens (including phenoxy) is 1. The van der Waals surface area contributed by atoms with Crippen LogP contribution in [0.4, 0.5) is 0 Å². The van der Waals surface area contributed by atoms with Gasteiger partial charge < -0.3 is 20.3 Å². The zero-order valence-electron chi connectivity index (χ0n) is 61.6. The van der Waals surface area contributed by atoms with Gasteiger partial charge >= 0.3 is 5.97 Å². The Morgan fingerprint density at radius 3 is 0.846 bits per heavy atom. The molecule has 3 N–H and O–H groups in total. The minimum absolute atomic E-state index is 0.00718. The van der Waals surface area contributed by atoms with Crippen molar-refractivity contribution in [3.8, 4) is 0 Å². The van der Waals surface area contributed by atoms with Crippen molar-refractivity contribution in [1.29, 1.82) is 0 Å². The first kappa shape index (κ1) is 88.8. The molecule has 0 spiro atoms. The fourth-order valence-electron chi connectivity index (χ4n) is 13.0. The molecule has 0 aromatic heterocycles. The number of hydrogen-bond acceptors (Lipinski definition) is 5. The maximum atomic E-state index is 12.6. The Bertz CT molecular complexity index is 1520. The number of hydrogen-bond donors (Lipinski definition) is 3. The zero-order chi connectivity index (χ0) is 65.6. The quantitative estimate of drug-likeness (QED) is 0.0320. The van der Waals surface area contributed by atoms with E-state index in [-0.39, 0.29) is 18.5 Å². The van der Waals surface area contributed by atoms with Crippen LogP contribution in [-0.2, 0) is 14.3 Å². The Kier molecular flexibility index (Phi) is 78.3. The lowest BCUT2D eigenvalue weighted by Crippen LogP contribution is -2.45. The molecule has 0 aliphatic carbocycles. The van der Waals surface area contributed by atoms with Crippen LogP contribution in [0.3, 0.4) is 0 Å². The highest BCUT2D eigenvalue weighted by Gasteiger charge is 2.18. The number of unbranched alkanes of at least 4 members (excludes halogenated alkanes) is 61. The maximum absolute atomic E-state index is 12.6. The average molecular weight is 1280 g/mol. The minimum atomic E-state index is -0.846. The summed E-state index contributed by atoms with van der Waals surface area (Å²) in [6.07, 6.45) is 107. The molecule has 6 nitrogen and oxygen atoms in total. The van der Waals surface area contributed by atoms with Crippen molar-refractivity contribution >= 4 is 11.9 Å². The van der Waals surface area contributed by atoms with Crippen LogP contribution in [0.1, 0.15) is 457 Å². The van der Waals surface area contributed by atoms with E-state index >= 15 is 0 Å². The van der Waals surface area contributed by atoms with Crippen molar-refractivity contribution in [1.82, 2.24) is 5.32 Å². The fourth-order valence-corrected chi connectivity index (χ4v) is 13.0. The topological polar surface area (TPSA) is 95.9 Å². The highest BCUT2D eigenvalue weighted by atomic mass is 16.5. The van der Waals surface area contributed by atoms with Gasteiger partial charge in [0.05, 0.1) is 25.4 Å². The molecule has 0 saturated heterocycles. The molecule has 2 atom stereocenters. The van der Waals surface area contributed by atoms with Gasteiger partial charge in [-0.25, -0.2) is 0 Å². The summed E-state index contributed by atoms with van der Waals surface area (Å²) in [4.78, 5) is 24.7. The number of nitrogens with one attached hydrogen (secondary N) is 1. The van der Waals surface area contributed by atoms with Gasteiger partial charge in [-0.1, -0.05) is 403 Å². The molecule has 91 heavy (non-hydrogen) atoms. The molecule has 0 rings (SSSR count). The molecular formula is C85H161NO5. The Balaban J connectivity index is 3.40. The number of allylic oxidation sites excluding steroid dienone is 7. The first-order valence-electron chi connectivity index (χ1n) is 41.4. The lowest BCUT2D eigenvalue weighted by atomic mass is 10.0. The highest BCUT2D eigenvalue weighted by Crippen LogP contribution is 2.20. The molecule has 0 aliphatic heterocycles. The van der Waals surface area contributed by atoms with Crippen LogP contribution < -0.4 is 5.32 Å². The molecule has 536 valence electrons. The molecule has 6 heteroatoms. The Hall–Kier alpha value is -2.18. The molecular weight excluding hydrogens is 1110 g/mol. The largest absolute Gasteiger partial charge is 0.466 e. The summed E-state index contributed by atoms with van der Waals surface area (Å²) in [6, 6.07) is -0.629. The van der Waals surface area contributed by atoms with Crippen molar-refractivity contribution in [2.75, 3.05) is 13.2 Å². The van der Waals surface area contributed by atoms with Gasteiger partial charge in [-0.05, 0) is 89.9 Å². The Labute approximate surface area is 569 Å². The number of rotatable bonds is 78. The Morgan fingerprint density at radius 1 is 0.308 bits per heavy atom. The summed E-state index contributed by atoms with van der Waals surface area (Å²) in [5, 5.41) is 23.3. The predicted molar refractivity (Wildman–Crippen MR) is 402 cm³/mol. The van der Waals surface area contributed by atoms with Gasteiger partial charge in [-0.2, -0.15) is 0 Å². The first-order chi connectivity index (χ1) is 45.0. The normalized spacial score (nSPS) is 12.7. The number of aliphatic hydroxyl groups excluding tert-OH is 2. The van der Waals surface area contributed by atoms with Crippen LogP contribution in [0.2, 0.25) is 0 Å². The molecule has 0 saturated carbocycles. The number of amides is 1. The standard InChI is InChI=1S/C85H161NO5/c1-3-5-7-9-11-13-15-17-19-21-22-23-24-34-37-40-43-46-49-53-57-61-65-69-73-77-83(88)82(81-87)86-84(89)78-74-70-66-62-58-54-50-47-44-41-38-35-32-30-28-26-25-27-29-31-33-36-39-42-45-48-52-56-60-64-68-72-76-80-91-85(90)79-75-71-67-63-59-55-51-20-18-16-14-12-10-8-6-4-2/h20,29,31,36,39,51,73,77,82-83,87-88H,3-19,21-28,30,32-35,37-38,40-50,52-72,74-76,78-81H2,1-2H3,(H,86,89)/b31-29-,39-36-,51-20-,77-73+. The second kappa shape index (κ2) is 80.3. The molecule has 1 amide bonds. The third-order valence-corrected chi connectivity index (χ3v) is 19.3. The second-order valence-corrected chi connectivity index (χ2v) is 28.4. The fraction of sp³-hybridized carbons (Fsp3) is 0.882. The van der Waals surface area contributed by atoms with Gasteiger partial charge in [0.1, 0.15) is 0 Å². The van der Waals surface area contributed by atoms with Gasteiger partial charge in [0.2, 0.25) is 5.91 Å². The van der Waals surface area contributed by atoms with E-state index in [4.69, 9.17) is 4.74 Å². The maximum Gasteiger partial charge on any atom is 0.305 e. The second-order valence-electron chi connectivity index (χ2n) is 28.4. The van der Waals surface area contributed by atoms with Crippen LogP contribution in [0, 0.1) is 0 Å². The van der Waals surface area contributed by atoms with E-state index in [9.17, 15) is 19.8 Å². The van der Waals surface area contributed by atoms with Gasteiger partial charge in [0.25, 0.3) is 0 Å². The van der Waals surface area contributed by atoms with E-state index in [2.05, 4.69) is 55.6 Å². The molecule has 0 radical (unpaired) electrons. The van der Waals surface area contributed by atoms with Gasteiger partial charge in [0, 0.05) is 12.8 Å². The summed E-state index contributed by atoms with van der Waals surface area (Å²) in [6.45, 7) is 4.94. The molecule has 0 bridgehead atoms. The van der Waals surface area contributed by atoms with Crippen LogP contribution in [0.15, 0.2) is 48.6 Å². The number of aliphatic hydroxyl groups is 2. The van der Waals surface area contributed by atoms with Crippen molar-refractivity contribution in [3.05, 3.63) is 48.6 Å². The lowest BCUT2D eigenvalue weighted by Gasteiger charge is -2.20. The van der Waals surface area contributed by atoms with Crippen molar-refractivity contribution in [3.63, 3.8) is 0 Å². The van der Waals surface area contributed by atoms with E-state index in [0.29, 0.717) is 19.4 Å². The van der Waals surface area contributed by atoms with Crippen LogP contribution in [0.5, 0.6) is 0 Å². The van der Waals surface area contributed by atoms with E-state index in [1.54, 1.807) is 6.08 Å². The predicted octanol–water partition coefficient (Wildman–Crippen LogP) is 27.5. The van der Waals surface area contributed by atoms with Gasteiger partial charge in [0.15, 0.2) is 0 Å². The van der Waals surface area contributed by atoms with Crippen LogP contribution >= 0.6 is 0 Å². The van der Waals surface area contributed by atoms with Gasteiger partial charge in [-0.15, -0.1) is 0 Å². The molecule has 0 aliphatic rings. The smallest absolute Gasteiger partial charge is 0.305 e. The van der Waals surface area contributed by atoms with Crippen LogP contribution in [0.25, 0.3) is 0 Å². The van der Waals surface area contributed by atoms with Gasteiger partial charge in [-0.3, -0.25) is 9.59 Å². The Morgan fingerprint density at radius 2 is 0.549 bits per heavy atom. The summed E-state index contributed by atoms with van der Waals surface area (Å²) in [7, 11) is 0. The molecule has 0 aromatic carbocycles. The first-order valence-corrected chi connectivity index (χ1v) is 41.4. The van der Waals surface area contributed by atoms with Crippen molar-refractivity contribution in [2.45, 2.75) is 469 Å². The van der Waals surface area contributed by atoms with E-state index in [1.165, 1.54) is 379 Å².